The molecule has 1 aliphatic heterocycles. The highest BCUT2D eigenvalue weighted by atomic mass is 32.2. The van der Waals surface area contributed by atoms with Crippen LogP contribution in [0.4, 0.5) is 0 Å². The number of rotatable bonds is 4. The van der Waals surface area contributed by atoms with Gasteiger partial charge in [-0.25, -0.2) is 0 Å². The number of allylic oxidation sites excluding steroid dienone is 2. The van der Waals surface area contributed by atoms with Gasteiger partial charge in [0.15, 0.2) is 5.69 Å². The van der Waals surface area contributed by atoms with Gasteiger partial charge in [-0.3, -0.25) is 4.79 Å². The average molecular weight is 408 g/mol. The van der Waals surface area contributed by atoms with Crippen LogP contribution in [0.5, 0.6) is 0 Å². The lowest BCUT2D eigenvalue weighted by molar-refractivity contribution is 0.0823. The molecular weight excluding hydrogens is 386 g/mol. The van der Waals surface area contributed by atoms with Crippen molar-refractivity contribution >= 4 is 39.1 Å². The molecule has 1 aromatic carbocycles. The number of amides is 1. The smallest absolute Gasteiger partial charge is 0.275 e. The number of thioether (sulfide) groups is 1. The fourth-order valence-electron chi connectivity index (χ4n) is 3.08. The second-order valence-electron chi connectivity index (χ2n) is 7.02. The summed E-state index contributed by atoms with van der Waals surface area (Å²) in [4.78, 5) is 15.3. The van der Waals surface area contributed by atoms with Gasteiger partial charge >= 0.3 is 0 Å². The molecule has 28 heavy (non-hydrogen) atoms. The number of hydrogen-bond acceptors (Lipinski definition) is 5. The van der Waals surface area contributed by atoms with Crippen LogP contribution in [0.2, 0.25) is 0 Å². The van der Waals surface area contributed by atoms with E-state index in [-0.39, 0.29) is 5.91 Å². The van der Waals surface area contributed by atoms with Crippen molar-refractivity contribution in [3.63, 3.8) is 0 Å². The Kier molecular flexibility index (Phi) is 5.33. The maximum Gasteiger partial charge on any atom is 0.275 e. The van der Waals surface area contributed by atoms with Crippen LogP contribution in [0.15, 0.2) is 53.5 Å². The molecule has 4 nitrogen and oxygen atoms in total. The summed E-state index contributed by atoms with van der Waals surface area (Å²) in [6.45, 7) is 2.08. The van der Waals surface area contributed by atoms with Crippen LogP contribution in [0.3, 0.4) is 0 Å². The molecule has 0 saturated carbocycles. The molecule has 2 aromatic heterocycles. The summed E-state index contributed by atoms with van der Waals surface area (Å²) >= 11 is 3.40. The van der Waals surface area contributed by atoms with Gasteiger partial charge in [0, 0.05) is 36.5 Å². The highest BCUT2D eigenvalue weighted by Crippen LogP contribution is 2.37. The molecule has 0 N–H and O–H groups in total. The number of fused-ring (bicyclic) bond motifs is 1. The Bertz CT molecular complexity index is 1090. The van der Waals surface area contributed by atoms with Crippen LogP contribution in [0.25, 0.3) is 20.5 Å². The number of aryl methyl sites for hydroxylation is 1. The summed E-state index contributed by atoms with van der Waals surface area (Å²) in [5.74, 6) is 0.894. The first kappa shape index (κ1) is 18.9. The van der Waals surface area contributed by atoms with Crippen LogP contribution >= 0.6 is 23.1 Å². The van der Waals surface area contributed by atoms with Gasteiger partial charge in [-0.05, 0) is 29.5 Å². The summed E-state index contributed by atoms with van der Waals surface area (Å²) in [5.41, 5.74) is 4.94. The van der Waals surface area contributed by atoms with E-state index in [1.807, 2.05) is 0 Å². The third kappa shape index (κ3) is 3.75. The Morgan fingerprint density at radius 1 is 1.18 bits per heavy atom. The molecule has 0 bridgehead atoms. The topological polar surface area (TPSA) is 46.1 Å². The van der Waals surface area contributed by atoms with E-state index in [4.69, 9.17) is 0 Å². The summed E-state index contributed by atoms with van der Waals surface area (Å²) < 4.78 is 0.910. The van der Waals surface area contributed by atoms with E-state index in [1.165, 1.54) is 11.1 Å². The quantitative estimate of drug-likeness (QED) is 0.604. The molecule has 3 heterocycles. The largest absolute Gasteiger partial charge is 0.343 e. The Morgan fingerprint density at radius 2 is 1.96 bits per heavy atom. The number of nitrogens with zero attached hydrogens (tertiary/aromatic N) is 3. The van der Waals surface area contributed by atoms with Crippen molar-refractivity contribution in [2.75, 3.05) is 19.8 Å². The minimum absolute atomic E-state index is 0.117. The molecular formula is C22H21N3OS2. The predicted octanol–water partition coefficient (Wildman–Crippen LogP) is 5.10. The van der Waals surface area contributed by atoms with Crippen molar-refractivity contribution < 1.29 is 4.79 Å². The molecule has 6 heteroatoms. The summed E-state index contributed by atoms with van der Waals surface area (Å²) in [6.07, 6.45) is 5.03. The van der Waals surface area contributed by atoms with Crippen LogP contribution < -0.4 is 0 Å². The van der Waals surface area contributed by atoms with E-state index in [0.717, 1.165) is 32.0 Å². The first-order valence-electron chi connectivity index (χ1n) is 9.08. The Labute approximate surface area is 173 Å². The molecule has 3 aromatic rings. The number of carbonyl (C=O) groups is 1. The second kappa shape index (κ2) is 7.89. The van der Waals surface area contributed by atoms with Gasteiger partial charge in [0.05, 0.1) is 10.4 Å². The zero-order valence-corrected chi connectivity index (χ0v) is 17.7. The molecule has 0 unspecified atom stereocenters. The van der Waals surface area contributed by atoms with Crippen molar-refractivity contribution in [2.45, 2.75) is 13.3 Å². The van der Waals surface area contributed by atoms with E-state index in [0.29, 0.717) is 12.1 Å². The normalized spacial score (nSPS) is 13.6. The molecule has 0 atom stereocenters. The molecule has 4 rings (SSSR count). The summed E-state index contributed by atoms with van der Waals surface area (Å²) in [6, 6.07) is 10.6. The SMILES string of the molecule is Cc1ccc(-c2cc3c(CC4=CSCC=C4)nnc(C(=O)N(C)C)c3s2)cc1. The Balaban J connectivity index is 1.85. The molecule has 1 aliphatic rings. The Hall–Kier alpha value is -2.44. The molecule has 1 amide bonds. The van der Waals surface area contributed by atoms with Crippen molar-refractivity contribution in [1.29, 1.82) is 0 Å². The fourth-order valence-corrected chi connectivity index (χ4v) is 4.92. The van der Waals surface area contributed by atoms with Gasteiger partial charge in [0.25, 0.3) is 5.91 Å². The number of carbonyl (C=O) groups excluding carboxylic acids is 1. The van der Waals surface area contributed by atoms with Crippen molar-refractivity contribution in [3.8, 4) is 10.4 Å². The van der Waals surface area contributed by atoms with Gasteiger partial charge in [-0.15, -0.1) is 28.2 Å². The lowest BCUT2D eigenvalue weighted by Crippen LogP contribution is -2.23. The molecule has 142 valence electrons. The van der Waals surface area contributed by atoms with Crippen LogP contribution in [-0.2, 0) is 6.42 Å². The van der Waals surface area contributed by atoms with Crippen molar-refractivity contribution in [3.05, 3.63) is 70.4 Å². The average Bonchev–Trinajstić information content (AvgIpc) is 3.15. The van der Waals surface area contributed by atoms with Gasteiger partial charge in [0.1, 0.15) is 0 Å². The fraction of sp³-hybridized carbons (Fsp3) is 0.227. The second-order valence-corrected chi connectivity index (χ2v) is 8.97. The summed E-state index contributed by atoms with van der Waals surface area (Å²) in [7, 11) is 3.49. The monoisotopic (exact) mass is 407 g/mol. The highest BCUT2D eigenvalue weighted by Gasteiger charge is 2.21. The van der Waals surface area contributed by atoms with Crippen LogP contribution in [-0.4, -0.2) is 40.9 Å². The first-order chi connectivity index (χ1) is 13.5. The van der Waals surface area contributed by atoms with Gasteiger partial charge in [-0.1, -0.05) is 42.0 Å². The maximum absolute atomic E-state index is 12.7. The number of benzene rings is 1. The van der Waals surface area contributed by atoms with E-state index in [1.54, 1.807) is 42.1 Å². The van der Waals surface area contributed by atoms with Crippen LogP contribution in [0.1, 0.15) is 21.7 Å². The predicted molar refractivity (Wildman–Crippen MR) is 119 cm³/mol. The minimum Gasteiger partial charge on any atom is -0.343 e. The number of thiophene rings is 1. The van der Waals surface area contributed by atoms with Gasteiger partial charge in [-0.2, -0.15) is 5.10 Å². The summed E-state index contributed by atoms with van der Waals surface area (Å²) in [5, 5.41) is 12.0. The zero-order valence-electron chi connectivity index (χ0n) is 16.1. The maximum atomic E-state index is 12.7. The van der Waals surface area contributed by atoms with Gasteiger partial charge in [0.2, 0.25) is 0 Å². The lowest BCUT2D eigenvalue weighted by atomic mass is 10.1. The highest BCUT2D eigenvalue weighted by molar-refractivity contribution is 8.02. The molecule has 0 aliphatic carbocycles. The Morgan fingerprint density at radius 3 is 2.64 bits per heavy atom. The van der Waals surface area contributed by atoms with E-state index >= 15 is 0 Å². The minimum atomic E-state index is -0.117. The first-order valence-corrected chi connectivity index (χ1v) is 10.9. The lowest BCUT2D eigenvalue weighted by Gasteiger charge is -2.11. The number of aromatic nitrogens is 2. The molecule has 0 fully saturated rings. The zero-order chi connectivity index (χ0) is 19.7. The van der Waals surface area contributed by atoms with Crippen molar-refractivity contribution in [2.24, 2.45) is 0 Å². The van der Waals surface area contributed by atoms with Gasteiger partial charge < -0.3 is 4.90 Å². The van der Waals surface area contributed by atoms with E-state index in [2.05, 4.69) is 65.0 Å². The van der Waals surface area contributed by atoms with E-state index in [9.17, 15) is 4.79 Å². The third-order valence-electron chi connectivity index (χ3n) is 4.60. The van der Waals surface area contributed by atoms with E-state index < -0.39 is 0 Å². The standard InChI is InChI=1S/C22H21N3OS2/c1-14-6-8-16(9-7-14)19-12-17-18(11-15-5-4-10-27-13-15)23-24-20(21(17)28-19)22(26)25(2)3/h4-9,12-13H,10-11H2,1-3H3. The number of hydrogen-bond donors (Lipinski definition) is 0. The molecule has 0 radical (unpaired) electrons. The third-order valence-corrected chi connectivity index (χ3v) is 6.65. The molecule has 0 spiro atoms. The van der Waals surface area contributed by atoms with Crippen molar-refractivity contribution in [1.82, 2.24) is 15.1 Å². The molecule has 0 saturated heterocycles. The van der Waals surface area contributed by atoms with Crippen LogP contribution in [0, 0.1) is 6.92 Å².